The Balaban J connectivity index is 2.02. The van der Waals surface area contributed by atoms with Gasteiger partial charge < -0.3 is 14.6 Å². The summed E-state index contributed by atoms with van der Waals surface area (Å²) in [5, 5.41) is 9.31. The Morgan fingerprint density at radius 2 is 1.79 bits per heavy atom. The van der Waals surface area contributed by atoms with Crippen molar-refractivity contribution in [1.82, 2.24) is 9.55 Å². The number of aliphatic hydroxyl groups is 1. The number of hydrogen-bond donors (Lipinski definition) is 1. The number of hydrogen-bond acceptors (Lipinski definition) is 3. The molecule has 1 saturated heterocycles. The first kappa shape index (κ1) is 12.5. The van der Waals surface area contributed by atoms with Crippen LogP contribution in [0.15, 0.2) is 24.3 Å². The molecule has 2 heterocycles. The van der Waals surface area contributed by atoms with E-state index in [0.29, 0.717) is 6.54 Å². The predicted octanol–water partition coefficient (Wildman–Crippen LogP) is 2.41. The molecule has 3 rings (SSSR count). The maximum Gasteiger partial charge on any atom is 0.206 e. The monoisotopic (exact) mass is 259 g/mol. The molecule has 4 heteroatoms. The van der Waals surface area contributed by atoms with Gasteiger partial charge >= 0.3 is 0 Å². The second-order valence-electron chi connectivity index (χ2n) is 5.18. The fraction of sp³-hybridized carbons (Fsp3) is 0.533. The lowest BCUT2D eigenvalue weighted by molar-refractivity contribution is 0.278. The van der Waals surface area contributed by atoms with Gasteiger partial charge in [-0.15, -0.1) is 0 Å². The first-order chi connectivity index (χ1) is 9.40. The van der Waals surface area contributed by atoms with Crippen molar-refractivity contribution in [1.29, 1.82) is 0 Å². The van der Waals surface area contributed by atoms with Crippen molar-refractivity contribution in [2.24, 2.45) is 0 Å². The normalized spacial score (nSPS) is 16.8. The molecule has 0 atom stereocenters. The average molecular weight is 259 g/mol. The lowest BCUT2D eigenvalue weighted by Gasteiger charge is -2.22. The van der Waals surface area contributed by atoms with E-state index in [1.54, 1.807) is 0 Å². The van der Waals surface area contributed by atoms with E-state index in [2.05, 4.69) is 15.5 Å². The first-order valence-corrected chi connectivity index (χ1v) is 7.21. The van der Waals surface area contributed by atoms with E-state index >= 15 is 0 Å². The fourth-order valence-electron chi connectivity index (χ4n) is 2.90. The molecule has 1 aliphatic rings. The van der Waals surface area contributed by atoms with Gasteiger partial charge in [0, 0.05) is 19.6 Å². The van der Waals surface area contributed by atoms with E-state index in [9.17, 15) is 5.11 Å². The number of anilines is 1. The van der Waals surface area contributed by atoms with Crippen LogP contribution in [0.5, 0.6) is 0 Å². The molecule has 0 bridgehead atoms. The van der Waals surface area contributed by atoms with Crippen molar-refractivity contribution in [2.75, 3.05) is 24.6 Å². The van der Waals surface area contributed by atoms with E-state index < -0.39 is 0 Å². The maximum atomic E-state index is 9.31. The number of rotatable bonds is 3. The Bertz CT molecular complexity index is 541. The summed E-state index contributed by atoms with van der Waals surface area (Å²) < 4.78 is 2.15. The molecule has 2 aromatic rings. The van der Waals surface area contributed by atoms with Gasteiger partial charge in [-0.05, 0) is 25.0 Å². The first-order valence-electron chi connectivity index (χ1n) is 7.21. The predicted molar refractivity (Wildman–Crippen MR) is 77.5 cm³/mol. The number of nitrogens with zero attached hydrogens (tertiary/aromatic N) is 3. The van der Waals surface area contributed by atoms with Gasteiger partial charge in [0.1, 0.15) is 0 Å². The van der Waals surface area contributed by atoms with Crippen molar-refractivity contribution in [3.8, 4) is 0 Å². The summed E-state index contributed by atoms with van der Waals surface area (Å²) in [5.74, 6) is 1.03. The molecule has 0 radical (unpaired) electrons. The highest BCUT2D eigenvalue weighted by atomic mass is 16.3. The smallest absolute Gasteiger partial charge is 0.206 e. The average Bonchev–Trinajstić information content (AvgIpc) is 2.64. The Morgan fingerprint density at radius 3 is 2.53 bits per heavy atom. The largest absolute Gasteiger partial charge is 0.395 e. The summed E-state index contributed by atoms with van der Waals surface area (Å²) in [7, 11) is 0. The highest BCUT2D eigenvalue weighted by Crippen LogP contribution is 2.24. The van der Waals surface area contributed by atoms with Crippen LogP contribution in [0.1, 0.15) is 25.7 Å². The van der Waals surface area contributed by atoms with Crippen LogP contribution >= 0.6 is 0 Å². The summed E-state index contributed by atoms with van der Waals surface area (Å²) in [5.41, 5.74) is 2.14. The topological polar surface area (TPSA) is 41.3 Å². The molecule has 1 aromatic carbocycles. The van der Waals surface area contributed by atoms with Gasteiger partial charge in [-0.3, -0.25) is 0 Å². The van der Waals surface area contributed by atoms with Crippen molar-refractivity contribution in [3.63, 3.8) is 0 Å². The van der Waals surface area contributed by atoms with Gasteiger partial charge in [-0.2, -0.15) is 0 Å². The third-order valence-electron chi connectivity index (χ3n) is 3.85. The zero-order chi connectivity index (χ0) is 13.1. The second kappa shape index (κ2) is 5.61. The van der Waals surface area contributed by atoms with Crippen LogP contribution in [-0.2, 0) is 6.54 Å². The SMILES string of the molecule is OCCn1c(N2CCCCCC2)nc2ccccc21. The summed E-state index contributed by atoms with van der Waals surface area (Å²) in [6, 6.07) is 8.18. The molecule has 1 N–H and O–H groups in total. The quantitative estimate of drug-likeness (QED) is 0.920. The number of fused-ring (bicyclic) bond motifs is 1. The van der Waals surface area contributed by atoms with Gasteiger partial charge in [0.05, 0.1) is 17.6 Å². The van der Waals surface area contributed by atoms with Crippen molar-refractivity contribution in [2.45, 2.75) is 32.2 Å². The molecule has 4 nitrogen and oxygen atoms in total. The molecule has 102 valence electrons. The van der Waals surface area contributed by atoms with Gasteiger partial charge in [0.15, 0.2) is 0 Å². The van der Waals surface area contributed by atoms with Crippen LogP contribution in [-0.4, -0.2) is 34.4 Å². The maximum absolute atomic E-state index is 9.31. The minimum Gasteiger partial charge on any atom is -0.395 e. The van der Waals surface area contributed by atoms with Crippen molar-refractivity contribution >= 4 is 17.0 Å². The third-order valence-corrected chi connectivity index (χ3v) is 3.85. The van der Waals surface area contributed by atoms with E-state index in [0.717, 1.165) is 30.1 Å². The summed E-state index contributed by atoms with van der Waals surface area (Å²) in [6.45, 7) is 2.93. The lowest BCUT2D eigenvalue weighted by atomic mass is 10.2. The van der Waals surface area contributed by atoms with Crippen LogP contribution in [0.4, 0.5) is 5.95 Å². The molecule has 1 aliphatic heterocycles. The number of imidazole rings is 1. The van der Waals surface area contributed by atoms with Crippen molar-refractivity contribution < 1.29 is 5.11 Å². The number of para-hydroxylation sites is 2. The van der Waals surface area contributed by atoms with Crippen LogP contribution in [0.3, 0.4) is 0 Å². The summed E-state index contributed by atoms with van der Waals surface area (Å²) in [4.78, 5) is 7.15. The lowest BCUT2D eigenvalue weighted by Crippen LogP contribution is -2.27. The Morgan fingerprint density at radius 1 is 1.05 bits per heavy atom. The number of aromatic nitrogens is 2. The molecular weight excluding hydrogens is 238 g/mol. The molecule has 0 aliphatic carbocycles. The van der Waals surface area contributed by atoms with Crippen LogP contribution in [0.25, 0.3) is 11.0 Å². The Kier molecular flexibility index (Phi) is 3.69. The molecule has 1 aromatic heterocycles. The van der Waals surface area contributed by atoms with Gasteiger partial charge in [-0.1, -0.05) is 25.0 Å². The molecule has 19 heavy (non-hydrogen) atoms. The van der Waals surface area contributed by atoms with Gasteiger partial charge in [-0.25, -0.2) is 4.98 Å². The minimum absolute atomic E-state index is 0.154. The third kappa shape index (κ3) is 2.45. The standard InChI is InChI=1S/C15H21N3O/c19-12-11-18-14-8-4-3-7-13(14)16-15(18)17-9-5-1-2-6-10-17/h3-4,7-8,19H,1-2,5-6,9-12H2. The highest BCUT2D eigenvalue weighted by molar-refractivity contribution is 5.78. The Labute approximate surface area is 113 Å². The molecule has 0 saturated carbocycles. The fourth-order valence-corrected chi connectivity index (χ4v) is 2.90. The molecule has 0 unspecified atom stereocenters. The van der Waals surface area contributed by atoms with Gasteiger partial charge in [0.2, 0.25) is 5.95 Å². The van der Waals surface area contributed by atoms with Gasteiger partial charge in [0.25, 0.3) is 0 Å². The summed E-state index contributed by atoms with van der Waals surface area (Å²) >= 11 is 0. The Hall–Kier alpha value is -1.55. The van der Waals surface area contributed by atoms with Crippen LogP contribution in [0, 0.1) is 0 Å². The van der Waals surface area contributed by atoms with Crippen LogP contribution < -0.4 is 4.90 Å². The van der Waals surface area contributed by atoms with Crippen molar-refractivity contribution in [3.05, 3.63) is 24.3 Å². The summed E-state index contributed by atoms with van der Waals surface area (Å²) in [6.07, 6.45) is 5.11. The molecular formula is C15H21N3O. The zero-order valence-corrected chi connectivity index (χ0v) is 11.3. The molecule has 1 fully saturated rings. The second-order valence-corrected chi connectivity index (χ2v) is 5.18. The zero-order valence-electron chi connectivity index (χ0n) is 11.3. The highest BCUT2D eigenvalue weighted by Gasteiger charge is 2.17. The number of aliphatic hydroxyl groups excluding tert-OH is 1. The van der Waals surface area contributed by atoms with E-state index in [4.69, 9.17) is 4.98 Å². The van der Waals surface area contributed by atoms with Crippen LogP contribution in [0.2, 0.25) is 0 Å². The molecule has 0 amide bonds. The van der Waals surface area contributed by atoms with E-state index in [1.807, 2.05) is 18.2 Å². The molecule has 0 spiro atoms. The number of benzene rings is 1. The van der Waals surface area contributed by atoms with E-state index in [-0.39, 0.29) is 6.61 Å². The minimum atomic E-state index is 0.154. The van der Waals surface area contributed by atoms with E-state index in [1.165, 1.54) is 25.7 Å².